The van der Waals surface area contributed by atoms with Crippen molar-refractivity contribution in [1.29, 1.82) is 0 Å². The summed E-state index contributed by atoms with van der Waals surface area (Å²) in [6.45, 7) is 5.50. The van der Waals surface area contributed by atoms with Crippen LogP contribution >= 0.6 is 0 Å². The van der Waals surface area contributed by atoms with E-state index in [4.69, 9.17) is 0 Å². The van der Waals surface area contributed by atoms with Gasteiger partial charge in [0, 0.05) is 25.3 Å². The Labute approximate surface area is 225 Å². The zero-order chi connectivity index (χ0) is 29.4. The van der Waals surface area contributed by atoms with Crippen molar-refractivity contribution in [2.45, 2.75) is 88.1 Å². The lowest BCUT2D eigenvalue weighted by Crippen LogP contribution is -2.46. The van der Waals surface area contributed by atoms with Gasteiger partial charge in [0.25, 0.3) is 10.0 Å². The molecule has 3 rings (SSSR count). The molecule has 1 aliphatic heterocycles. The number of halogens is 4. The Kier molecular flexibility index (Phi) is 8.52. The number of amides is 1. The Morgan fingerprint density at radius 3 is 2.26 bits per heavy atom. The number of aliphatic hydroxyl groups is 1. The number of benzene rings is 2. The molecule has 0 bridgehead atoms. The van der Waals surface area contributed by atoms with Crippen LogP contribution in [0.1, 0.15) is 64.5 Å². The van der Waals surface area contributed by atoms with Crippen molar-refractivity contribution in [1.82, 2.24) is 5.32 Å². The van der Waals surface area contributed by atoms with E-state index in [0.717, 1.165) is 40.7 Å². The fraction of sp³-hybridized carbons (Fsp3) is 0.481. The van der Waals surface area contributed by atoms with Gasteiger partial charge in [0.1, 0.15) is 11.6 Å². The highest BCUT2D eigenvalue weighted by atomic mass is 32.2. The molecule has 0 aliphatic carbocycles. The van der Waals surface area contributed by atoms with Gasteiger partial charge in [-0.2, -0.15) is 13.2 Å². The molecule has 2 N–H and O–H groups in total. The molecule has 2 aromatic rings. The van der Waals surface area contributed by atoms with Gasteiger partial charge in [0.05, 0.1) is 16.6 Å². The Morgan fingerprint density at radius 2 is 1.69 bits per heavy atom. The second-order valence-electron chi connectivity index (χ2n) is 10.7. The van der Waals surface area contributed by atoms with Crippen LogP contribution in [0.5, 0.6) is 0 Å². The van der Waals surface area contributed by atoms with Crippen LogP contribution in [0.15, 0.2) is 47.4 Å². The number of anilines is 1. The van der Waals surface area contributed by atoms with Gasteiger partial charge in [0.15, 0.2) is 5.60 Å². The first kappa shape index (κ1) is 30.6. The molecule has 1 aliphatic rings. The lowest BCUT2D eigenvalue weighted by atomic mass is 9.88. The van der Waals surface area contributed by atoms with Gasteiger partial charge < -0.3 is 10.4 Å². The summed E-state index contributed by atoms with van der Waals surface area (Å²) in [6.07, 6.45) is -4.45. The van der Waals surface area contributed by atoms with E-state index in [1.165, 1.54) is 13.0 Å². The second kappa shape index (κ2) is 10.9. The first-order chi connectivity index (χ1) is 17.8. The number of hydrogen-bond donors (Lipinski definition) is 2. The third-order valence-electron chi connectivity index (χ3n) is 6.89. The number of rotatable bonds is 9. The van der Waals surface area contributed by atoms with Gasteiger partial charge in [-0.3, -0.25) is 13.9 Å². The first-order valence-corrected chi connectivity index (χ1v) is 13.8. The number of carbonyl (C=O) groups is 2. The van der Waals surface area contributed by atoms with E-state index in [2.05, 4.69) is 5.32 Å². The van der Waals surface area contributed by atoms with E-state index in [-0.39, 0.29) is 53.5 Å². The van der Waals surface area contributed by atoms with Crippen molar-refractivity contribution >= 4 is 27.4 Å². The van der Waals surface area contributed by atoms with Crippen LogP contribution in [0.3, 0.4) is 0 Å². The maximum absolute atomic E-state index is 13.7. The van der Waals surface area contributed by atoms with E-state index in [9.17, 15) is 40.7 Å². The normalized spacial score (nSPS) is 17.8. The number of hydrogen-bond acceptors (Lipinski definition) is 5. The highest BCUT2D eigenvalue weighted by molar-refractivity contribution is 7.92. The van der Waals surface area contributed by atoms with E-state index in [0.29, 0.717) is 13.3 Å². The predicted molar refractivity (Wildman–Crippen MR) is 137 cm³/mol. The Hall–Kier alpha value is -2.99. The number of Topliss-reactive ketones (excluding diaryl/α,β-unsaturated/α-hetero) is 1. The summed E-state index contributed by atoms with van der Waals surface area (Å²) >= 11 is 0. The lowest BCUT2D eigenvalue weighted by molar-refractivity contribution is -0.258. The minimum Gasteiger partial charge on any atom is -0.376 e. The Balaban J connectivity index is 1.99. The SMILES string of the molecule is CC(=O)NC(C)(C)CCC(=O)C[C@@H]1CCc2cc(C(C)(O)C(F)(F)F)ccc2N1S(=O)(=O)c1ccc(F)cc1. The fourth-order valence-corrected chi connectivity index (χ4v) is 6.41. The fourth-order valence-electron chi connectivity index (χ4n) is 4.69. The number of carbonyl (C=O) groups excluding carboxylic acids is 2. The zero-order valence-electron chi connectivity index (χ0n) is 22.1. The van der Waals surface area contributed by atoms with Crippen LogP contribution in [-0.2, 0) is 31.6 Å². The predicted octanol–water partition coefficient (Wildman–Crippen LogP) is 4.76. The van der Waals surface area contributed by atoms with Crippen molar-refractivity contribution < 1.29 is 40.7 Å². The van der Waals surface area contributed by atoms with E-state index in [1.807, 2.05) is 0 Å². The maximum Gasteiger partial charge on any atom is 0.421 e. The zero-order valence-corrected chi connectivity index (χ0v) is 22.9. The topological polar surface area (TPSA) is 104 Å². The highest BCUT2D eigenvalue weighted by Crippen LogP contribution is 2.43. The van der Waals surface area contributed by atoms with Gasteiger partial charge in [-0.05, 0) is 81.5 Å². The van der Waals surface area contributed by atoms with Gasteiger partial charge in [-0.25, -0.2) is 12.8 Å². The molecule has 1 heterocycles. The van der Waals surface area contributed by atoms with Crippen LogP contribution in [0, 0.1) is 5.82 Å². The molecule has 1 unspecified atom stereocenters. The van der Waals surface area contributed by atoms with Crippen LogP contribution in [-0.4, -0.2) is 43.0 Å². The number of alkyl halides is 3. The average molecular weight is 573 g/mol. The molecule has 0 aromatic heterocycles. The molecule has 7 nitrogen and oxygen atoms in total. The number of aryl methyl sites for hydroxylation is 1. The Morgan fingerprint density at radius 1 is 1.08 bits per heavy atom. The molecule has 0 spiro atoms. The minimum atomic E-state index is -4.96. The molecule has 12 heteroatoms. The minimum absolute atomic E-state index is 0.0639. The first-order valence-electron chi connectivity index (χ1n) is 12.4. The lowest BCUT2D eigenvalue weighted by Gasteiger charge is -2.38. The number of nitrogens with one attached hydrogen (secondary N) is 1. The summed E-state index contributed by atoms with van der Waals surface area (Å²) < 4.78 is 82.4. The number of sulfonamides is 1. The molecule has 0 fully saturated rings. The monoisotopic (exact) mass is 572 g/mol. The van der Waals surface area contributed by atoms with Gasteiger partial charge >= 0.3 is 6.18 Å². The quantitative estimate of drug-likeness (QED) is 0.422. The van der Waals surface area contributed by atoms with Crippen LogP contribution in [0.2, 0.25) is 0 Å². The van der Waals surface area contributed by atoms with Crippen LogP contribution in [0.4, 0.5) is 23.2 Å². The summed E-state index contributed by atoms with van der Waals surface area (Å²) in [4.78, 5) is 24.1. The molecule has 2 atom stereocenters. The summed E-state index contributed by atoms with van der Waals surface area (Å²) in [5.74, 6) is -1.16. The van der Waals surface area contributed by atoms with Crippen molar-refractivity contribution in [3.05, 3.63) is 59.4 Å². The molecule has 39 heavy (non-hydrogen) atoms. The third kappa shape index (κ3) is 6.78. The summed E-state index contributed by atoms with van der Waals surface area (Å²) in [7, 11) is -4.35. The molecular weight excluding hydrogens is 540 g/mol. The standard InChI is InChI=1S/C27H32F4N2O5S/c1-17(34)32-25(2,3)14-13-22(35)16-21-9-5-18-15-19(26(4,36)27(29,30)31)6-12-24(18)33(21)39(37,38)23-10-7-20(28)8-11-23/h6-8,10-12,15,21,36H,5,9,13-14,16H2,1-4H3,(H,32,34)/t21-,26?/m0/s1. The maximum atomic E-state index is 13.7. The van der Waals surface area contributed by atoms with E-state index in [1.54, 1.807) is 13.8 Å². The van der Waals surface area contributed by atoms with Crippen LogP contribution < -0.4 is 9.62 Å². The summed E-state index contributed by atoms with van der Waals surface area (Å²) in [5, 5.41) is 12.9. The third-order valence-corrected chi connectivity index (χ3v) is 8.77. The Bertz CT molecular complexity index is 1340. The average Bonchev–Trinajstić information content (AvgIpc) is 2.81. The number of ketones is 1. The van der Waals surface area contributed by atoms with Crippen molar-refractivity contribution in [3.63, 3.8) is 0 Å². The molecule has 2 aromatic carbocycles. The molecule has 0 saturated heterocycles. The van der Waals surface area contributed by atoms with E-state index >= 15 is 0 Å². The summed E-state index contributed by atoms with van der Waals surface area (Å²) in [6, 6.07) is 6.61. The van der Waals surface area contributed by atoms with Crippen LogP contribution in [0.25, 0.3) is 0 Å². The van der Waals surface area contributed by atoms with Gasteiger partial charge in [-0.1, -0.05) is 12.1 Å². The summed E-state index contributed by atoms with van der Waals surface area (Å²) in [5.41, 5.74) is -3.91. The number of nitrogens with zero attached hydrogens (tertiary/aromatic N) is 1. The number of fused-ring (bicyclic) bond motifs is 1. The second-order valence-corrected chi connectivity index (χ2v) is 12.5. The molecule has 0 saturated carbocycles. The molecular formula is C27H32F4N2O5S. The van der Waals surface area contributed by atoms with E-state index < -0.39 is 44.8 Å². The molecule has 0 radical (unpaired) electrons. The van der Waals surface area contributed by atoms with Gasteiger partial charge in [-0.15, -0.1) is 0 Å². The molecule has 1 amide bonds. The van der Waals surface area contributed by atoms with Crippen molar-refractivity contribution in [2.75, 3.05) is 4.31 Å². The molecule has 214 valence electrons. The smallest absolute Gasteiger partial charge is 0.376 e. The largest absolute Gasteiger partial charge is 0.421 e. The highest BCUT2D eigenvalue weighted by Gasteiger charge is 2.51. The van der Waals surface area contributed by atoms with Crippen molar-refractivity contribution in [3.8, 4) is 0 Å². The van der Waals surface area contributed by atoms with Gasteiger partial charge in [0.2, 0.25) is 5.91 Å². The van der Waals surface area contributed by atoms with Crippen molar-refractivity contribution in [2.24, 2.45) is 0 Å².